The fraction of sp³-hybridized carbons (Fsp3) is 0.769. The van der Waals surface area contributed by atoms with Crippen LogP contribution in [0, 0.1) is 5.41 Å². The molecule has 3 atom stereocenters. The van der Waals surface area contributed by atoms with E-state index in [0.717, 1.165) is 12.8 Å². The smallest absolute Gasteiger partial charge is 0.193 e. The van der Waals surface area contributed by atoms with Gasteiger partial charge in [0.1, 0.15) is 0 Å². The number of unbranched alkanes of at least 4 members (excludes halogenated alkanes) is 5. The Hall–Kier alpha value is -0.750. The zero-order valence-corrected chi connectivity index (χ0v) is 22.3. The lowest BCUT2D eigenvalue weighted by Crippen LogP contribution is -2.44. The Bertz CT molecular complexity index is 662. The number of rotatable bonds is 18. The molecule has 33 heavy (non-hydrogen) atoms. The molecule has 0 radical (unpaired) electrons. The van der Waals surface area contributed by atoms with Gasteiger partial charge in [0.2, 0.25) is 0 Å². The van der Waals surface area contributed by atoms with E-state index in [1.165, 1.54) is 49.7 Å². The van der Waals surface area contributed by atoms with E-state index in [4.69, 9.17) is 15.0 Å². The predicted octanol–water partition coefficient (Wildman–Crippen LogP) is 5.43. The molecule has 0 fully saturated rings. The number of aliphatic hydroxyl groups excluding tert-OH is 2. The molecule has 192 valence electrons. The SMILES string of the molecule is CCCCCCCCc1ccc(CCC(N)(CO)CC[PH](=O)OCOC(O)C(C)(C)C)cc1. The molecule has 0 aliphatic carbocycles. The molecule has 0 aliphatic heterocycles. The first-order valence-corrected chi connectivity index (χ1v) is 14.0. The van der Waals surface area contributed by atoms with Crippen LogP contribution in [0.1, 0.15) is 90.2 Å². The highest BCUT2D eigenvalue weighted by atomic mass is 31.1. The van der Waals surface area contributed by atoms with Gasteiger partial charge in [0, 0.05) is 17.1 Å². The fourth-order valence-corrected chi connectivity index (χ4v) is 4.54. The molecule has 6 nitrogen and oxygen atoms in total. The van der Waals surface area contributed by atoms with Gasteiger partial charge in [0.25, 0.3) is 0 Å². The maximum atomic E-state index is 12.2. The van der Waals surface area contributed by atoms with Crippen molar-refractivity contribution in [3.8, 4) is 0 Å². The minimum Gasteiger partial charge on any atom is -0.394 e. The lowest BCUT2D eigenvalue weighted by molar-refractivity contribution is -0.189. The van der Waals surface area contributed by atoms with Crippen LogP contribution in [0.25, 0.3) is 0 Å². The van der Waals surface area contributed by atoms with Crippen molar-refractivity contribution in [2.75, 3.05) is 19.6 Å². The van der Waals surface area contributed by atoms with Gasteiger partial charge >= 0.3 is 0 Å². The van der Waals surface area contributed by atoms with Crippen LogP contribution in [0.2, 0.25) is 0 Å². The van der Waals surface area contributed by atoms with Crippen molar-refractivity contribution in [3.05, 3.63) is 35.4 Å². The summed E-state index contributed by atoms with van der Waals surface area (Å²) < 4.78 is 22.6. The lowest BCUT2D eigenvalue weighted by atomic mass is 9.90. The fourth-order valence-electron chi connectivity index (χ4n) is 3.50. The van der Waals surface area contributed by atoms with E-state index in [1.54, 1.807) is 0 Å². The van der Waals surface area contributed by atoms with Gasteiger partial charge in [-0.25, -0.2) is 0 Å². The molecule has 0 aromatic heterocycles. The number of nitrogens with two attached hydrogens (primary N) is 1. The number of aliphatic hydroxyl groups is 2. The van der Waals surface area contributed by atoms with Crippen LogP contribution in [0.5, 0.6) is 0 Å². The van der Waals surface area contributed by atoms with Crippen molar-refractivity contribution in [1.29, 1.82) is 0 Å². The van der Waals surface area contributed by atoms with Crippen LogP contribution in [0.15, 0.2) is 24.3 Å². The highest BCUT2D eigenvalue weighted by molar-refractivity contribution is 7.39. The van der Waals surface area contributed by atoms with Gasteiger partial charge < -0.3 is 25.2 Å². The first-order chi connectivity index (χ1) is 15.6. The molecule has 0 saturated heterocycles. The number of hydrogen-bond donors (Lipinski definition) is 3. The van der Waals surface area contributed by atoms with E-state index in [9.17, 15) is 14.8 Å². The summed E-state index contributed by atoms with van der Waals surface area (Å²) in [7, 11) is -2.35. The predicted molar refractivity (Wildman–Crippen MR) is 137 cm³/mol. The van der Waals surface area contributed by atoms with Crippen LogP contribution in [-0.4, -0.2) is 41.6 Å². The van der Waals surface area contributed by atoms with Crippen molar-refractivity contribution < 1.29 is 24.0 Å². The molecule has 0 amide bonds. The van der Waals surface area contributed by atoms with Crippen molar-refractivity contribution in [1.82, 2.24) is 0 Å². The van der Waals surface area contributed by atoms with E-state index in [0.29, 0.717) is 12.8 Å². The largest absolute Gasteiger partial charge is 0.394 e. The molecule has 7 heteroatoms. The van der Waals surface area contributed by atoms with Crippen molar-refractivity contribution in [3.63, 3.8) is 0 Å². The van der Waals surface area contributed by atoms with E-state index >= 15 is 0 Å². The van der Waals surface area contributed by atoms with Crippen LogP contribution in [0.3, 0.4) is 0 Å². The van der Waals surface area contributed by atoms with Gasteiger partial charge in [-0.05, 0) is 43.2 Å². The summed E-state index contributed by atoms with van der Waals surface area (Å²) in [6, 6.07) is 8.68. The maximum absolute atomic E-state index is 12.2. The average Bonchev–Trinajstić information content (AvgIpc) is 2.78. The van der Waals surface area contributed by atoms with Crippen LogP contribution in [-0.2, 0) is 26.7 Å². The minimum absolute atomic E-state index is 0.169. The van der Waals surface area contributed by atoms with Crippen LogP contribution < -0.4 is 5.73 Å². The van der Waals surface area contributed by atoms with Crippen LogP contribution in [0.4, 0.5) is 0 Å². The van der Waals surface area contributed by atoms with Crippen molar-refractivity contribution in [2.45, 2.75) is 104 Å². The second-order valence-electron chi connectivity index (χ2n) is 10.4. The third-order valence-corrected chi connectivity index (χ3v) is 7.18. The molecule has 0 saturated carbocycles. The summed E-state index contributed by atoms with van der Waals surface area (Å²) >= 11 is 0. The van der Waals surface area contributed by atoms with E-state index in [2.05, 4.69) is 31.2 Å². The van der Waals surface area contributed by atoms with Gasteiger partial charge in [-0.15, -0.1) is 0 Å². The molecule has 1 rings (SSSR count). The first kappa shape index (κ1) is 30.3. The second-order valence-corrected chi connectivity index (χ2v) is 11.9. The summed E-state index contributed by atoms with van der Waals surface area (Å²) in [5, 5.41) is 19.6. The molecule has 1 aromatic carbocycles. The molecular formula is C26H48NO5P. The summed E-state index contributed by atoms with van der Waals surface area (Å²) in [5.74, 6) is 0. The molecule has 0 bridgehead atoms. The Balaban J connectivity index is 2.33. The Morgan fingerprint density at radius 2 is 1.55 bits per heavy atom. The Kier molecular flexibility index (Phi) is 14.7. The molecule has 0 spiro atoms. The molecule has 4 N–H and O–H groups in total. The third kappa shape index (κ3) is 13.7. The van der Waals surface area contributed by atoms with Gasteiger partial charge in [-0.2, -0.15) is 0 Å². The first-order valence-electron chi connectivity index (χ1n) is 12.5. The zero-order chi connectivity index (χ0) is 24.7. The van der Waals surface area contributed by atoms with E-state index < -0.39 is 25.3 Å². The Morgan fingerprint density at radius 1 is 0.970 bits per heavy atom. The van der Waals surface area contributed by atoms with Crippen LogP contribution >= 0.6 is 8.03 Å². The van der Waals surface area contributed by atoms with Gasteiger partial charge in [0.05, 0.1) is 6.61 Å². The molecule has 0 heterocycles. The highest BCUT2D eigenvalue weighted by Gasteiger charge is 2.25. The number of ether oxygens (including phenoxy) is 1. The maximum Gasteiger partial charge on any atom is 0.193 e. The number of hydrogen-bond acceptors (Lipinski definition) is 6. The van der Waals surface area contributed by atoms with E-state index in [1.807, 2.05) is 20.8 Å². The number of benzene rings is 1. The number of aryl methyl sites for hydroxylation is 2. The van der Waals surface area contributed by atoms with Crippen molar-refractivity contribution in [2.24, 2.45) is 11.1 Å². The molecular weight excluding hydrogens is 437 g/mol. The lowest BCUT2D eigenvalue weighted by Gasteiger charge is -2.27. The van der Waals surface area contributed by atoms with Gasteiger partial charge in [0.15, 0.2) is 21.1 Å². The summed E-state index contributed by atoms with van der Waals surface area (Å²) in [5.41, 5.74) is 7.70. The zero-order valence-electron chi connectivity index (χ0n) is 21.3. The molecule has 1 aromatic rings. The Labute approximate surface area is 202 Å². The Morgan fingerprint density at radius 3 is 2.12 bits per heavy atom. The van der Waals surface area contributed by atoms with Crippen molar-refractivity contribution >= 4 is 8.03 Å². The topological polar surface area (TPSA) is 102 Å². The average molecular weight is 486 g/mol. The van der Waals surface area contributed by atoms with E-state index in [-0.39, 0.29) is 19.6 Å². The summed E-state index contributed by atoms with van der Waals surface area (Å²) in [6.07, 6.45) is 10.00. The summed E-state index contributed by atoms with van der Waals surface area (Å²) in [6.45, 7) is 7.37. The van der Waals surface area contributed by atoms with Gasteiger partial charge in [-0.1, -0.05) is 84.1 Å². The second kappa shape index (κ2) is 16.0. The normalized spacial score (nSPS) is 15.8. The monoisotopic (exact) mass is 485 g/mol. The van der Waals surface area contributed by atoms with Gasteiger partial charge in [-0.3, -0.25) is 4.57 Å². The quantitative estimate of drug-likeness (QED) is 0.146. The third-order valence-electron chi connectivity index (χ3n) is 6.08. The minimum atomic E-state index is -2.35. The highest BCUT2D eigenvalue weighted by Crippen LogP contribution is 2.28. The summed E-state index contributed by atoms with van der Waals surface area (Å²) in [4.78, 5) is 0. The standard InChI is InChI=1S/C26H48NO5P/c1-5-6-7-8-9-10-11-22-12-14-23(15-13-22)16-17-26(27,20-28)18-19-33(30)32-21-31-24(29)25(2,3)4/h12-15,24,28-29,33H,5-11,16-21,27H2,1-4H3. The molecule has 0 aliphatic rings. The molecule has 3 unspecified atom stereocenters.